The molecule has 1 unspecified atom stereocenters. The fourth-order valence-corrected chi connectivity index (χ4v) is 8.90. The van der Waals surface area contributed by atoms with Gasteiger partial charge in [0.25, 0.3) is 11.8 Å². The van der Waals surface area contributed by atoms with Gasteiger partial charge >= 0.3 is 11.9 Å². The molecule has 3 amide bonds. The van der Waals surface area contributed by atoms with Crippen molar-refractivity contribution in [3.8, 4) is 0 Å². The number of carboxylic acid groups (broad SMARTS) is 1. The van der Waals surface area contributed by atoms with E-state index in [2.05, 4.69) is 5.32 Å². The highest BCUT2D eigenvalue weighted by Gasteiger charge is 2.58. The maximum absolute atomic E-state index is 16.2. The lowest BCUT2D eigenvalue weighted by Crippen LogP contribution is -2.64. The van der Waals surface area contributed by atoms with E-state index in [0.717, 1.165) is 28.1 Å². The van der Waals surface area contributed by atoms with Gasteiger partial charge in [0.2, 0.25) is 6.04 Å². The number of quaternary nitrogens is 1. The van der Waals surface area contributed by atoms with E-state index in [9.17, 15) is 24.6 Å². The number of rotatable bonds is 10. The normalized spacial score (nSPS) is 18.4. The zero-order valence-corrected chi connectivity index (χ0v) is 32.1. The van der Waals surface area contributed by atoms with Crippen molar-refractivity contribution in [1.29, 1.82) is 0 Å². The summed E-state index contributed by atoms with van der Waals surface area (Å²) in [5.41, 5.74) is -0.108. The van der Waals surface area contributed by atoms with Gasteiger partial charge in [-0.1, -0.05) is 97.8 Å². The van der Waals surface area contributed by atoms with Gasteiger partial charge < -0.3 is 25.0 Å². The molecule has 0 bridgehead atoms. The molecule has 10 nitrogen and oxygen atoms in total. The van der Waals surface area contributed by atoms with Crippen molar-refractivity contribution >= 4 is 56.7 Å². The van der Waals surface area contributed by atoms with E-state index in [1.807, 2.05) is 78.5 Å². The lowest BCUT2D eigenvalue weighted by molar-refractivity contribution is -0.149. The van der Waals surface area contributed by atoms with Crippen LogP contribution in [0.3, 0.4) is 0 Å². The number of aliphatic hydroxyl groups is 1. The first-order valence-corrected chi connectivity index (χ1v) is 19.0. The van der Waals surface area contributed by atoms with Gasteiger partial charge in [0, 0.05) is 69.4 Å². The van der Waals surface area contributed by atoms with Crippen LogP contribution in [0.15, 0.2) is 128 Å². The first-order valence-electron chi connectivity index (χ1n) is 19.0. The van der Waals surface area contributed by atoms with E-state index in [-0.39, 0.29) is 22.7 Å². The predicted molar refractivity (Wildman–Crippen MR) is 218 cm³/mol. The Morgan fingerprint density at radius 2 is 1.48 bits per heavy atom. The van der Waals surface area contributed by atoms with Crippen LogP contribution in [0.25, 0.3) is 21.7 Å². The Bertz CT molecular complexity index is 2460. The van der Waals surface area contributed by atoms with Crippen LogP contribution >= 0.6 is 0 Å². The molecule has 1 aliphatic rings. The number of amides is 3. The summed E-state index contributed by atoms with van der Waals surface area (Å²) in [5, 5.41) is 29.0. The van der Waals surface area contributed by atoms with Crippen LogP contribution in [0.1, 0.15) is 54.1 Å². The topological polar surface area (TPSA) is 129 Å². The number of aliphatic carboxylic acids is 1. The molecule has 10 heteroatoms. The molecular formula is C46H47N4O6+. The molecule has 6 aromatic rings. The summed E-state index contributed by atoms with van der Waals surface area (Å²) in [5.74, 6) is -3.51. The second kappa shape index (κ2) is 15.2. The second-order valence-corrected chi connectivity index (χ2v) is 14.8. The maximum atomic E-state index is 16.2. The molecule has 5 atom stereocenters. The van der Waals surface area contributed by atoms with Crippen molar-refractivity contribution in [3.63, 3.8) is 0 Å². The zero-order chi connectivity index (χ0) is 39.8. The van der Waals surface area contributed by atoms with E-state index in [4.69, 9.17) is 0 Å². The predicted octanol–water partition coefficient (Wildman–Crippen LogP) is 7.28. The van der Waals surface area contributed by atoms with Crippen molar-refractivity contribution in [2.75, 3.05) is 14.1 Å². The SMILES string of the molecule is CNC(=O)[C@@](O)(c1ccccc1)c1ccccc1[N@@+](C(=O)[C@@H]1CCCC[C@@H]1N(C)C(=O)c1cn(C)c2ccccc12)(c1ccc2ccccc2c1)C(C)C(=O)O. The van der Waals surface area contributed by atoms with Gasteiger partial charge in [-0.05, 0) is 47.4 Å². The number of hydrogen-bond acceptors (Lipinski definition) is 5. The van der Waals surface area contributed by atoms with Crippen molar-refractivity contribution in [1.82, 2.24) is 19.3 Å². The van der Waals surface area contributed by atoms with Gasteiger partial charge in [0.1, 0.15) is 5.69 Å². The first-order chi connectivity index (χ1) is 27.0. The van der Waals surface area contributed by atoms with Crippen LogP contribution in [0.4, 0.5) is 11.4 Å². The second-order valence-electron chi connectivity index (χ2n) is 14.8. The van der Waals surface area contributed by atoms with Gasteiger partial charge in [-0.3, -0.25) is 9.59 Å². The number of carboxylic acids is 1. The molecule has 1 fully saturated rings. The van der Waals surface area contributed by atoms with Crippen molar-refractivity contribution in [2.24, 2.45) is 13.0 Å². The van der Waals surface area contributed by atoms with Crippen molar-refractivity contribution in [3.05, 3.63) is 144 Å². The number of hydrogen-bond donors (Lipinski definition) is 3. The van der Waals surface area contributed by atoms with Gasteiger partial charge in [-0.2, -0.15) is 4.48 Å². The molecule has 0 aliphatic heterocycles. The lowest BCUT2D eigenvalue weighted by atomic mass is 9.79. The average molecular weight is 752 g/mol. The van der Waals surface area contributed by atoms with Crippen LogP contribution in [0.2, 0.25) is 0 Å². The average Bonchev–Trinajstić information content (AvgIpc) is 3.58. The van der Waals surface area contributed by atoms with E-state index in [0.29, 0.717) is 30.5 Å². The number of nitrogens with zero attached hydrogens (tertiary/aromatic N) is 3. The third kappa shape index (κ3) is 6.15. The van der Waals surface area contributed by atoms with E-state index in [1.165, 1.54) is 14.0 Å². The maximum Gasteiger partial charge on any atom is 0.363 e. The number of aryl methyl sites for hydroxylation is 1. The number of carbonyl (C=O) groups excluding carboxylic acids is 3. The number of likely N-dealkylation sites (N-methyl/N-ethyl adjacent to an activating group) is 1. The highest BCUT2D eigenvalue weighted by Crippen LogP contribution is 2.49. The standard InChI is InChI=1S/C46H46N4O6/c1-30(44(53)54)50(34-27-26-31-16-8-9-17-32(31)28-34,41-25-15-12-22-38(41)46(56,45(55)47-2)33-18-6-5-7-19-33)43(52)36-21-11-14-24-40(36)49(4)42(51)37-29-48(3)39-23-13-10-20-35(37)39/h5-10,12-13,15-20,22-23,25-30,36,40,56H,11,14,21,24H2,1-4H3,(H-,47,53,54,55)/p+1/t30?,36-,40+,46-,50+/m1/s1. The van der Waals surface area contributed by atoms with Gasteiger partial charge in [0.15, 0.2) is 11.3 Å². The summed E-state index contributed by atoms with van der Waals surface area (Å²) in [4.78, 5) is 60.0. The number of benzene rings is 5. The van der Waals surface area contributed by atoms with E-state index in [1.54, 1.807) is 72.6 Å². The monoisotopic (exact) mass is 751 g/mol. The minimum Gasteiger partial charge on any atom is -0.477 e. The van der Waals surface area contributed by atoms with Crippen molar-refractivity contribution in [2.45, 2.75) is 50.3 Å². The number of fused-ring (bicyclic) bond motifs is 2. The summed E-state index contributed by atoms with van der Waals surface area (Å²) in [6.07, 6.45) is 4.20. The number of para-hydroxylation sites is 2. The fraction of sp³-hybridized carbons (Fsp3) is 0.261. The molecule has 5 aromatic carbocycles. The van der Waals surface area contributed by atoms with E-state index >= 15 is 4.79 Å². The minimum atomic E-state index is -2.33. The third-order valence-corrected chi connectivity index (χ3v) is 11.8. The summed E-state index contributed by atoms with van der Waals surface area (Å²) in [7, 11) is 5.03. The largest absolute Gasteiger partial charge is 0.477 e. The molecular weight excluding hydrogens is 705 g/mol. The molecule has 3 N–H and O–H groups in total. The molecule has 0 spiro atoms. The van der Waals surface area contributed by atoms with E-state index < -0.39 is 45.9 Å². The molecule has 1 heterocycles. The molecule has 56 heavy (non-hydrogen) atoms. The quantitative estimate of drug-likeness (QED) is 0.126. The Morgan fingerprint density at radius 3 is 2.21 bits per heavy atom. The summed E-state index contributed by atoms with van der Waals surface area (Å²) >= 11 is 0. The van der Waals surface area contributed by atoms with Crippen molar-refractivity contribution < 1.29 is 29.4 Å². The van der Waals surface area contributed by atoms with Crippen LogP contribution in [-0.4, -0.2) is 69.5 Å². The van der Waals surface area contributed by atoms with Crippen LogP contribution in [0.5, 0.6) is 0 Å². The fourth-order valence-electron chi connectivity index (χ4n) is 8.90. The molecule has 286 valence electrons. The molecule has 0 saturated heterocycles. The van der Waals surface area contributed by atoms with Gasteiger partial charge in [0.05, 0.1) is 17.0 Å². The molecule has 0 radical (unpaired) electrons. The minimum absolute atomic E-state index is 0.0627. The Kier molecular flexibility index (Phi) is 10.4. The van der Waals surface area contributed by atoms with Crippen LogP contribution in [0, 0.1) is 5.92 Å². The summed E-state index contributed by atoms with van der Waals surface area (Å²) in [6.45, 7) is 1.50. The smallest absolute Gasteiger partial charge is 0.363 e. The number of nitrogens with one attached hydrogen (secondary N) is 1. The number of aromatic nitrogens is 1. The first kappa shape index (κ1) is 38.2. The van der Waals surface area contributed by atoms with Crippen LogP contribution in [-0.2, 0) is 27.0 Å². The Hall–Kier alpha value is -6.10. The molecule has 1 aliphatic carbocycles. The molecule has 1 aromatic heterocycles. The number of carbonyl (C=O) groups is 4. The van der Waals surface area contributed by atoms with Gasteiger partial charge in [-0.15, -0.1) is 0 Å². The zero-order valence-electron chi connectivity index (χ0n) is 32.1. The molecule has 1 saturated carbocycles. The van der Waals surface area contributed by atoms with Gasteiger partial charge in [-0.25, -0.2) is 9.59 Å². The molecule has 7 rings (SSSR count). The third-order valence-electron chi connectivity index (χ3n) is 11.8. The summed E-state index contributed by atoms with van der Waals surface area (Å²) < 4.78 is 1.05. The Morgan fingerprint density at radius 1 is 0.839 bits per heavy atom. The Balaban J connectivity index is 1.49. The lowest BCUT2D eigenvalue weighted by Gasteiger charge is -2.45. The van der Waals surface area contributed by atoms with Crippen LogP contribution < -0.4 is 9.80 Å². The Labute approximate surface area is 326 Å². The highest BCUT2D eigenvalue weighted by atomic mass is 16.4. The summed E-state index contributed by atoms with van der Waals surface area (Å²) in [6, 6.07) is 33.7. The highest BCUT2D eigenvalue weighted by molar-refractivity contribution is 6.08.